The highest BCUT2D eigenvalue weighted by molar-refractivity contribution is 4.96. The third-order valence-electron chi connectivity index (χ3n) is 3.63. The number of nitrogens with zero attached hydrogens (tertiary/aromatic N) is 3. The van der Waals surface area contributed by atoms with Gasteiger partial charge < -0.3 is 49.2 Å². The molecule has 1 saturated heterocycles. The van der Waals surface area contributed by atoms with Crippen LogP contribution >= 0.6 is 0 Å². The van der Waals surface area contributed by atoms with E-state index in [4.69, 9.17) is 34.3 Å². The summed E-state index contributed by atoms with van der Waals surface area (Å²) in [6.07, 6.45) is -6.50. The average Bonchev–Trinajstić information content (AvgIpc) is 2.67. The smallest absolute Gasteiger partial charge is 0.279 e. The number of aliphatic hydroxyl groups is 5. The maximum Gasteiger partial charge on any atom is 0.279 e. The summed E-state index contributed by atoms with van der Waals surface area (Å²) >= 11 is 0. The molecule has 0 aromatic heterocycles. The standard InChI is InChI=1S/C14H27N3O10/c15-17-16-14(13(22)12(21)11(20)10(9-19)27-14)26-8-7-25-6-5-24-4-3-23-2-1-18/h10-13,18-22H,1-9H2/t10-,11-,12+,13-,14?/m1/s1. The number of aliphatic hydroxyl groups excluding tert-OH is 5. The highest BCUT2D eigenvalue weighted by Gasteiger charge is 2.54. The van der Waals surface area contributed by atoms with Crippen LogP contribution in [0.15, 0.2) is 5.11 Å². The Morgan fingerprint density at radius 1 is 0.889 bits per heavy atom. The van der Waals surface area contributed by atoms with Gasteiger partial charge in [0.2, 0.25) is 0 Å². The van der Waals surface area contributed by atoms with E-state index in [-0.39, 0.29) is 33.0 Å². The molecule has 13 nitrogen and oxygen atoms in total. The predicted molar refractivity (Wildman–Crippen MR) is 87.4 cm³/mol. The highest BCUT2D eigenvalue weighted by Crippen LogP contribution is 2.32. The second-order valence-corrected chi connectivity index (χ2v) is 5.49. The van der Waals surface area contributed by atoms with Crippen LogP contribution in [0.25, 0.3) is 10.4 Å². The molecule has 0 bridgehead atoms. The van der Waals surface area contributed by atoms with Gasteiger partial charge in [0.25, 0.3) is 5.91 Å². The van der Waals surface area contributed by atoms with Crippen LogP contribution in [0, 0.1) is 0 Å². The van der Waals surface area contributed by atoms with E-state index in [1.807, 2.05) is 0 Å². The van der Waals surface area contributed by atoms with E-state index in [0.29, 0.717) is 19.8 Å². The van der Waals surface area contributed by atoms with Gasteiger partial charge in [0.1, 0.15) is 24.4 Å². The number of hydrogen-bond donors (Lipinski definition) is 5. The van der Waals surface area contributed by atoms with Crippen molar-refractivity contribution in [1.82, 2.24) is 0 Å². The lowest BCUT2D eigenvalue weighted by atomic mass is 9.97. The summed E-state index contributed by atoms with van der Waals surface area (Å²) < 4.78 is 25.9. The fourth-order valence-corrected chi connectivity index (χ4v) is 2.27. The Hall–Kier alpha value is -1.09. The fourth-order valence-electron chi connectivity index (χ4n) is 2.27. The Bertz CT molecular complexity index is 451. The zero-order valence-electron chi connectivity index (χ0n) is 14.8. The average molecular weight is 397 g/mol. The van der Waals surface area contributed by atoms with E-state index in [0.717, 1.165) is 0 Å². The molecule has 1 heterocycles. The van der Waals surface area contributed by atoms with Crippen LogP contribution in [-0.2, 0) is 23.7 Å². The minimum atomic E-state index is -2.30. The van der Waals surface area contributed by atoms with Crippen LogP contribution < -0.4 is 0 Å². The van der Waals surface area contributed by atoms with Crippen LogP contribution in [0.1, 0.15) is 0 Å². The fraction of sp³-hybridized carbons (Fsp3) is 1.00. The summed E-state index contributed by atoms with van der Waals surface area (Å²) in [5, 5.41) is 50.6. The van der Waals surface area contributed by atoms with E-state index in [1.165, 1.54) is 0 Å². The number of hydrogen-bond acceptors (Lipinski definition) is 11. The third-order valence-corrected chi connectivity index (χ3v) is 3.63. The van der Waals surface area contributed by atoms with Crippen molar-refractivity contribution < 1.29 is 49.2 Å². The van der Waals surface area contributed by atoms with Gasteiger partial charge in [-0.25, -0.2) is 0 Å². The second-order valence-electron chi connectivity index (χ2n) is 5.49. The van der Waals surface area contributed by atoms with E-state index in [2.05, 4.69) is 10.0 Å². The molecule has 0 saturated carbocycles. The Morgan fingerprint density at radius 3 is 1.96 bits per heavy atom. The van der Waals surface area contributed by atoms with Gasteiger partial charge in [-0.05, 0) is 10.6 Å². The molecule has 0 aromatic carbocycles. The molecule has 0 amide bonds. The van der Waals surface area contributed by atoms with Crippen molar-refractivity contribution in [2.45, 2.75) is 30.3 Å². The summed E-state index contributed by atoms with van der Waals surface area (Å²) in [7, 11) is 0. The quantitative estimate of drug-likeness (QED) is 0.0903. The summed E-state index contributed by atoms with van der Waals surface area (Å²) in [6.45, 7) is 0.614. The topological polar surface area (TPSA) is 196 Å². The minimum Gasteiger partial charge on any atom is -0.394 e. The lowest BCUT2D eigenvalue weighted by Gasteiger charge is -2.45. The third kappa shape index (κ3) is 7.44. The molecule has 158 valence electrons. The van der Waals surface area contributed by atoms with Crippen molar-refractivity contribution in [1.29, 1.82) is 0 Å². The normalized spacial score (nSPS) is 30.9. The van der Waals surface area contributed by atoms with Crippen LogP contribution in [0.3, 0.4) is 0 Å². The van der Waals surface area contributed by atoms with Crippen molar-refractivity contribution in [3.63, 3.8) is 0 Å². The Labute approximate surface area is 155 Å². The summed E-state index contributed by atoms with van der Waals surface area (Å²) in [5.41, 5.74) is 8.70. The number of rotatable bonds is 14. The molecule has 1 rings (SSSR count). The van der Waals surface area contributed by atoms with Crippen molar-refractivity contribution in [3.05, 3.63) is 10.4 Å². The van der Waals surface area contributed by atoms with Gasteiger partial charge in [0, 0.05) is 4.91 Å². The van der Waals surface area contributed by atoms with Crippen molar-refractivity contribution in [3.8, 4) is 0 Å². The van der Waals surface area contributed by atoms with Gasteiger partial charge in [-0.1, -0.05) is 0 Å². The molecule has 1 unspecified atom stereocenters. The van der Waals surface area contributed by atoms with Gasteiger partial charge in [-0.2, -0.15) is 0 Å². The van der Waals surface area contributed by atoms with Crippen molar-refractivity contribution in [2.24, 2.45) is 5.11 Å². The van der Waals surface area contributed by atoms with Crippen molar-refractivity contribution >= 4 is 0 Å². The predicted octanol–water partition coefficient (Wildman–Crippen LogP) is -2.52. The molecule has 0 aromatic rings. The summed E-state index contributed by atoms with van der Waals surface area (Å²) in [5.74, 6) is -2.30. The lowest BCUT2D eigenvalue weighted by Crippen LogP contribution is -2.65. The van der Waals surface area contributed by atoms with Gasteiger partial charge in [-0.15, -0.1) is 0 Å². The first kappa shape index (κ1) is 23.9. The second kappa shape index (κ2) is 13.1. The Balaban J connectivity index is 2.33. The summed E-state index contributed by atoms with van der Waals surface area (Å²) in [4.78, 5) is 2.53. The molecule has 0 radical (unpaired) electrons. The van der Waals surface area contributed by atoms with Crippen LogP contribution in [0.5, 0.6) is 0 Å². The molecule has 0 aliphatic carbocycles. The highest BCUT2D eigenvalue weighted by atomic mass is 16.7. The zero-order valence-corrected chi connectivity index (χ0v) is 14.8. The molecule has 13 heteroatoms. The molecule has 0 spiro atoms. The van der Waals surface area contributed by atoms with Gasteiger partial charge >= 0.3 is 0 Å². The minimum absolute atomic E-state index is 0.0333. The van der Waals surface area contributed by atoms with Crippen LogP contribution in [0.4, 0.5) is 0 Å². The molecular formula is C14H27N3O10. The molecular weight excluding hydrogens is 370 g/mol. The molecule has 1 aliphatic rings. The summed E-state index contributed by atoms with van der Waals surface area (Å²) in [6, 6.07) is 0. The van der Waals surface area contributed by atoms with Crippen LogP contribution in [-0.4, -0.2) is 115 Å². The van der Waals surface area contributed by atoms with Crippen LogP contribution in [0.2, 0.25) is 0 Å². The monoisotopic (exact) mass is 397 g/mol. The Morgan fingerprint density at radius 2 is 1.44 bits per heavy atom. The van der Waals surface area contributed by atoms with E-state index in [1.54, 1.807) is 0 Å². The number of azide groups is 1. The first-order valence-electron chi connectivity index (χ1n) is 8.39. The number of ether oxygens (including phenoxy) is 5. The van der Waals surface area contributed by atoms with Gasteiger partial charge in [0.05, 0.1) is 59.5 Å². The maximum absolute atomic E-state index is 10.1. The van der Waals surface area contributed by atoms with E-state index in [9.17, 15) is 20.4 Å². The van der Waals surface area contributed by atoms with E-state index < -0.39 is 36.9 Å². The molecule has 1 fully saturated rings. The first-order chi connectivity index (χ1) is 13.0. The van der Waals surface area contributed by atoms with Gasteiger partial charge in [-0.3, -0.25) is 0 Å². The molecule has 27 heavy (non-hydrogen) atoms. The maximum atomic E-state index is 10.1. The molecule has 1 aliphatic heterocycles. The Kier molecular flexibility index (Phi) is 11.7. The first-order valence-corrected chi connectivity index (χ1v) is 8.39. The molecule has 5 N–H and O–H groups in total. The lowest BCUT2D eigenvalue weighted by molar-refractivity contribution is -0.362. The zero-order chi connectivity index (χ0) is 20.1. The SMILES string of the molecule is [N-]=[N+]=NC1(OCCOCCOCCOCCO)O[C@H](CO)[C@@H](O)[C@H](O)[C@H]1O. The van der Waals surface area contributed by atoms with E-state index >= 15 is 0 Å². The van der Waals surface area contributed by atoms with Gasteiger partial charge in [0.15, 0.2) is 0 Å². The largest absolute Gasteiger partial charge is 0.394 e. The van der Waals surface area contributed by atoms with Crippen molar-refractivity contribution in [2.75, 3.05) is 59.5 Å². The molecule has 5 atom stereocenters.